The van der Waals surface area contributed by atoms with Crippen molar-refractivity contribution in [3.63, 3.8) is 0 Å². The minimum atomic E-state index is -0.965. The second kappa shape index (κ2) is 4.86. The van der Waals surface area contributed by atoms with Crippen molar-refractivity contribution in [2.75, 3.05) is 0 Å². The molecule has 2 N–H and O–H groups in total. The summed E-state index contributed by atoms with van der Waals surface area (Å²) >= 11 is 0. The van der Waals surface area contributed by atoms with Crippen molar-refractivity contribution in [1.82, 2.24) is 10.2 Å². The molecule has 0 spiro atoms. The molecule has 0 atom stereocenters. The van der Waals surface area contributed by atoms with Crippen LogP contribution in [0.2, 0.25) is 0 Å². The van der Waals surface area contributed by atoms with E-state index in [4.69, 9.17) is 5.11 Å². The lowest BCUT2D eigenvalue weighted by molar-refractivity contribution is 0.0696. The smallest absolute Gasteiger partial charge is 0.335 e. The van der Waals surface area contributed by atoms with Gasteiger partial charge in [0.15, 0.2) is 5.78 Å². The number of carbonyl (C=O) groups is 2. The highest BCUT2D eigenvalue weighted by Gasteiger charge is 2.11. The first-order chi connectivity index (χ1) is 10.1. The van der Waals surface area contributed by atoms with Gasteiger partial charge in [0, 0.05) is 10.9 Å². The summed E-state index contributed by atoms with van der Waals surface area (Å²) in [6, 6.07) is 10.1. The summed E-state index contributed by atoms with van der Waals surface area (Å²) in [4.78, 5) is 22.5. The fourth-order valence-electron chi connectivity index (χ4n) is 2.29. The highest BCUT2D eigenvalue weighted by Crippen LogP contribution is 2.29. The molecule has 0 bridgehead atoms. The third-order valence-electron chi connectivity index (χ3n) is 3.41. The van der Waals surface area contributed by atoms with E-state index in [2.05, 4.69) is 10.2 Å². The van der Waals surface area contributed by atoms with Gasteiger partial charge in [-0.2, -0.15) is 5.10 Å². The van der Waals surface area contributed by atoms with E-state index >= 15 is 0 Å². The Bertz CT molecular complexity index is 848. The van der Waals surface area contributed by atoms with Crippen LogP contribution in [0.15, 0.2) is 42.6 Å². The number of nitrogens with zero attached hydrogens (tertiary/aromatic N) is 1. The minimum Gasteiger partial charge on any atom is -0.478 e. The second-order valence-corrected chi connectivity index (χ2v) is 4.79. The summed E-state index contributed by atoms with van der Waals surface area (Å²) in [6.07, 6.45) is 1.69. The van der Waals surface area contributed by atoms with E-state index in [1.807, 2.05) is 0 Å². The zero-order valence-electron chi connectivity index (χ0n) is 11.3. The Labute approximate surface area is 120 Å². The Morgan fingerprint density at radius 2 is 1.81 bits per heavy atom. The lowest BCUT2D eigenvalue weighted by Crippen LogP contribution is -1.96. The van der Waals surface area contributed by atoms with E-state index in [-0.39, 0.29) is 11.3 Å². The number of aromatic nitrogens is 2. The van der Waals surface area contributed by atoms with Crippen LogP contribution in [0.5, 0.6) is 0 Å². The first-order valence-corrected chi connectivity index (χ1v) is 6.38. The van der Waals surface area contributed by atoms with Crippen LogP contribution in [-0.2, 0) is 0 Å². The van der Waals surface area contributed by atoms with E-state index in [1.54, 1.807) is 42.6 Å². The van der Waals surface area contributed by atoms with Crippen LogP contribution in [0.1, 0.15) is 27.6 Å². The van der Waals surface area contributed by atoms with Crippen LogP contribution in [0.3, 0.4) is 0 Å². The molecule has 104 valence electrons. The number of nitrogens with one attached hydrogen (secondary N) is 1. The maximum atomic E-state index is 11.6. The van der Waals surface area contributed by atoms with Crippen LogP contribution in [0.25, 0.3) is 22.0 Å². The summed E-state index contributed by atoms with van der Waals surface area (Å²) in [5.41, 5.74) is 3.28. The minimum absolute atomic E-state index is 0.0325. The molecular formula is C16H12N2O3. The van der Waals surface area contributed by atoms with Crippen molar-refractivity contribution in [1.29, 1.82) is 0 Å². The highest BCUT2D eigenvalue weighted by atomic mass is 16.4. The van der Waals surface area contributed by atoms with Crippen LogP contribution in [0, 0.1) is 0 Å². The molecule has 0 fully saturated rings. The van der Waals surface area contributed by atoms with Gasteiger partial charge in [0.05, 0.1) is 17.3 Å². The van der Waals surface area contributed by atoms with Crippen molar-refractivity contribution < 1.29 is 14.7 Å². The Morgan fingerprint density at radius 3 is 2.43 bits per heavy atom. The molecule has 0 amide bonds. The largest absolute Gasteiger partial charge is 0.478 e. The van der Waals surface area contributed by atoms with E-state index in [1.165, 1.54) is 6.92 Å². The van der Waals surface area contributed by atoms with Gasteiger partial charge >= 0.3 is 5.97 Å². The lowest BCUT2D eigenvalue weighted by atomic mass is 9.97. The van der Waals surface area contributed by atoms with Gasteiger partial charge in [-0.1, -0.05) is 12.1 Å². The number of ketones is 1. The van der Waals surface area contributed by atoms with Crippen LogP contribution >= 0.6 is 0 Å². The second-order valence-electron chi connectivity index (χ2n) is 4.79. The van der Waals surface area contributed by atoms with Crippen LogP contribution in [0.4, 0.5) is 0 Å². The Balaban J connectivity index is 2.20. The average molecular weight is 280 g/mol. The van der Waals surface area contributed by atoms with Gasteiger partial charge in [-0.3, -0.25) is 9.89 Å². The van der Waals surface area contributed by atoms with Gasteiger partial charge in [-0.05, 0) is 42.3 Å². The molecule has 1 aromatic heterocycles. The number of rotatable bonds is 3. The number of aromatic amines is 1. The standard InChI is InChI=1S/C16H12N2O3/c1-9(19)12-6-13(14-8-17-18-15(14)7-12)10-2-4-11(5-3-10)16(20)21/h2-8H,1H3,(H,17,18)(H,20,21). The van der Waals surface area contributed by atoms with Gasteiger partial charge in [-0.15, -0.1) is 0 Å². The molecule has 5 heteroatoms. The number of fused-ring (bicyclic) bond motifs is 1. The first kappa shape index (κ1) is 13.1. The maximum Gasteiger partial charge on any atom is 0.335 e. The summed E-state index contributed by atoms with van der Waals surface area (Å²) in [6.45, 7) is 1.51. The monoisotopic (exact) mass is 280 g/mol. The van der Waals surface area contributed by atoms with E-state index in [0.29, 0.717) is 5.56 Å². The van der Waals surface area contributed by atoms with Gasteiger partial charge in [-0.25, -0.2) is 4.79 Å². The molecule has 5 nitrogen and oxygen atoms in total. The third-order valence-corrected chi connectivity index (χ3v) is 3.41. The number of hydrogen-bond acceptors (Lipinski definition) is 3. The first-order valence-electron chi connectivity index (χ1n) is 6.38. The number of hydrogen-bond donors (Lipinski definition) is 2. The normalized spacial score (nSPS) is 10.7. The molecule has 0 radical (unpaired) electrons. The molecule has 0 aliphatic rings. The van der Waals surface area contributed by atoms with Crippen molar-refractivity contribution in [3.05, 3.63) is 53.7 Å². The highest BCUT2D eigenvalue weighted by molar-refractivity contribution is 6.03. The van der Waals surface area contributed by atoms with Crippen molar-refractivity contribution in [2.45, 2.75) is 6.92 Å². The van der Waals surface area contributed by atoms with Crippen LogP contribution in [-0.4, -0.2) is 27.1 Å². The molecule has 0 saturated heterocycles. The zero-order valence-corrected chi connectivity index (χ0v) is 11.3. The fourth-order valence-corrected chi connectivity index (χ4v) is 2.29. The topological polar surface area (TPSA) is 83.1 Å². The number of Topliss-reactive ketones (excluding diaryl/α,β-unsaturated/α-hetero) is 1. The molecule has 0 aliphatic carbocycles. The number of H-pyrrole nitrogens is 1. The number of carboxylic acid groups (broad SMARTS) is 1. The van der Waals surface area contributed by atoms with Gasteiger partial charge < -0.3 is 5.11 Å². The molecule has 2 aromatic carbocycles. The predicted octanol–water partition coefficient (Wildman–Crippen LogP) is 3.13. The summed E-state index contributed by atoms with van der Waals surface area (Å²) in [5, 5.41) is 16.7. The average Bonchev–Trinajstić information content (AvgIpc) is 2.94. The van der Waals surface area contributed by atoms with Crippen molar-refractivity contribution in [3.8, 4) is 11.1 Å². The molecule has 0 saturated carbocycles. The van der Waals surface area contributed by atoms with E-state index < -0.39 is 5.97 Å². The van der Waals surface area contributed by atoms with E-state index in [9.17, 15) is 9.59 Å². The number of carboxylic acids is 1. The maximum absolute atomic E-state index is 11.6. The number of benzene rings is 2. The number of carbonyl (C=O) groups excluding carboxylic acids is 1. The Hall–Kier alpha value is -2.95. The van der Waals surface area contributed by atoms with Gasteiger partial charge in [0.25, 0.3) is 0 Å². The Morgan fingerprint density at radius 1 is 1.10 bits per heavy atom. The predicted molar refractivity (Wildman–Crippen MR) is 78.5 cm³/mol. The molecule has 0 aliphatic heterocycles. The molecule has 3 aromatic rings. The summed E-state index contributed by atoms with van der Waals surface area (Å²) < 4.78 is 0. The molecule has 1 heterocycles. The number of aromatic carboxylic acids is 1. The SMILES string of the molecule is CC(=O)c1cc(-c2ccc(C(=O)O)cc2)c2cn[nH]c2c1. The van der Waals surface area contributed by atoms with E-state index in [0.717, 1.165) is 22.0 Å². The van der Waals surface area contributed by atoms with Gasteiger partial charge in [0.2, 0.25) is 0 Å². The summed E-state index contributed by atoms with van der Waals surface area (Å²) in [7, 11) is 0. The molecule has 0 unspecified atom stereocenters. The zero-order chi connectivity index (χ0) is 15.0. The molecule has 21 heavy (non-hydrogen) atoms. The lowest BCUT2D eigenvalue weighted by Gasteiger charge is -2.06. The summed E-state index contributed by atoms with van der Waals surface area (Å²) in [5.74, 6) is -0.998. The van der Waals surface area contributed by atoms with Crippen molar-refractivity contribution in [2.24, 2.45) is 0 Å². The van der Waals surface area contributed by atoms with Gasteiger partial charge in [0.1, 0.15) is 0 Å². The molecular weight excluding hydrogens is 268 g/mol. The molecule has 3 rings (SSSR count). The Kier molecular flexibility index (Phi) is 3.02. The quantitative estimate of drug-likeness (QED) is 0.722. The van der Waals surface area contributed by atoms with Crippen LogP contribution < -0.4 is 0 Å². The fraction of sp³-hybridized carbons (Fsp3) is 0.0625. The third kappa shape index (κ3) is 2.29. The van der Waals surface area contributed by atoms with Crippen molar-refractivity contribution >= 4 is 22.7 Å².